The van der Waals surface area contributed by atoms with Gasteiger partial charge in [0.15, 0.2) is 5.82 Å². The van der Waals surface area contributed by atoms with Gasteiger partial charge >= 0.3 is 0 Å². The lowest BCUT2D eigenvalue weighted by Gasteiger charge is -2.15. The van der Waals surface area contributed by atoms with Crippen molar-refractivity contribution in [3.63, 3.8) is 0 Å². The Hall–Kier alpha value is -3.36. The van der Waals surface area contributed by atoms with E-state index in [1.807, 2.05) is 76.7 Å². The first-order valence-electron chi connectivity index (χ1n) is 11.7. The van der Waals surface area contributed by atoms with Crippen molar-refractivity contribution in [2.45, 2.75) is 50.3 Å². The van der Waals surface area contributed by atoms with Gasteiger partial charge in [0.25, 0.3) is 0 Å². The molecule has 0 spiro atoms. The van der Waals surface area contributed by atoms with Gasteiger partial charge in [0.1, 0.15) is 16.5 Å². The van der Waals surface area contributed by atoms with Crippen LogP contribution in [-0.4, -0.2) is 49.0 Å². The van der Waals surface area contributed by atoms with E-state index in [2.05, 4.69) is 32.2 Å². The van der Waals surface area contributed by atoms with Crippen molar-refractivity contribution in [3.05, 3.63) is 71.9 Å². The summed E-state index contributed by atoms with van der Waals surface area (Å²) in [6.07, 6.45) is 1.74. The van der Waals surface area contributed by atoms with Gasteiger partial charge in [0.05, 0.1) is 5.56 Å². The van der Waals surface area contributed by atoms with Crippen molar-refractivity contribution in [2.75, 3.05) is 14.1 Å². The van der Waals surface area contributed by atoms with E-state index in [0.29, 0.717) is 16.5 Å². The summed E-state index contributed by atoms with van der Waals surface area (Å²) in [5, 5.41) is 31.3. The molecule has 2 aromatic heterocycles. The Balaban J connectivity index is 0.00000167. The van der Waals surface area contributed by atoms with Crippen molar-refractivity contribution in [3.8, 4) is 28.6 Å². The number of benzene rings is 2. The van der Waals surface area contributed by atoms with Crippen LogP contribution in [0.2, 0.25) is 0 Å². The first kappa shape index (κ1) is 26.2. The fraction of sp³-hybridized carbons (Fsp3) is 0.296. The van der Waals surface area contributed by atoms with Crippen LogP contribution in [0.1, 0.15) is 44.7 Å². The van der Waals surface area contributed by atoms with Crippen LogP contribution < -0.4 is 0 Å². The van der Waals surface area contributed by atoms with Crippen LogP contribution in [0.3, 0.4) is 0 Å². The van der Waals surface area contributed by atoms with E-state index in [1.54, 1.807) is 12.3 Å². The largest absolute Gasteiger partial charge is 0.508 e. The molecule has 4 rings (SSSR count). The van der Waals surface area contributed by atoms with E-state index in [1.165, 1.54) is 23.4 Å². The van der Waals surface area contributed by atoms with E-state index < -0.39 is 0 Å². The predicted octanol–water partition coefficient (Wildman–Crippen LogP) is 6.10. The molecule has 35 heavy (non-hydrogen) atoms. The highest BCUT2D eigenvalue weighted by atomic mass is 32.2. The van der Waals surface area contributed by atoms with Crippen LogP contribution in [0, 0.1) is 0 Å². The Morgan fingerprint density at radius 2 is 1.66 bits per heavy atom. The molecule has 2 heterocycles. The van der Waals surface area contributed by atoms with Gasteiger partial charge in [-0.25, -0.2) is 4.98 Å². The van der Waals surface area contributed by atoms with Crippen LogP contribution in [-0.2, 0) is 6.54 Å². The second-order valence-electron chi connectivity index (χ2n) is 8.40. The first-order valence-corrected chi connectivity index (χ1v) is 12.5. The second-order valence-corrected chi connectivity index (χ2v) is 9.39. The molecule has 0 unspecified atom stereocenters. The molecule has 2 aromatic carbocycles. The van der Waals surface area contributed by atoms with Crippen molar-refractivity contribution >= 4 is 11.8 Å². The van der Waals surface area contributed by atoms with Crippen molar-refractivity contribution < 1.29 is 10.2 Å². The molecule has 0 saturated heterocycles. The molecule has 0 saturated carbocycles. The van der Waals surface area contributed by atoms with Crippen LogP contribution in [0.15, 0.2) is 71.0 Å². The minimum absolute atomic E-state index is 0.0517. The normalized spacial score (nSPS) is 11.0. The summed E-state index contributed by atoms with van der Waals surface area (Å²) in [6, 6.07) is 17.1. The van der Waals surface area contributed by atoms with Gasteiger partial charge in [-0.15, -0.1) is 10.2 Å². The number of aromatic nitrogens is 4. The van der Waals surface area contributed by atoms with Crippen molar-refractivity contribution in [2.24, 2.45) is 0 Å². The standard InChI is InChI=1S/C25H27N5O2S.C2H6/c1-16(2)19-13-20(22(32)14-21(19)31)24-27-28-25(33-23-7-5-6-12-26-23)30(24)18-10-8-17(9-11-18)15-29(3)4;1-2/h5-14,16,31-32H,15H2,1-4H3;1-2H3. The van der Waals surface area contributed by atoms with E-state index in [9.17, 15) is 10.2 Å². The SMILES string of the molecule is CC.CC(C)c1cc(-c2nnc(Sc3ccccn3)n2-c2ccc(CN(C)C)cc2)c(O)cc1O. The van der Waals surface area contributed by atoms with Gasteiger partial charge in [-0.05, 0) is 73.2 Å². The highest BCUT2D eigenvalue weighted by Crippen LogP contribution is 2.39. The molecule has 184 valence electrons. The number of phenolic OH excluding ortho intramolecular Hbond substituents is 2. The van der Waals surface area contributed by atoms with Gasteiger partial charge in [-0.3, -0.25) is 4.57 Å². The maximum atomic E-state index is 10.7. The summed E-state index contributed by atoms with van der Waals surface area (Å²) < 4.78 is 1.91. The zero-order valence-electron chi connectivity index (χ0n) is 21.1. The first-order chi connectivity index (χ1) is 16.8. The zero-order valence-corrected chi connectivity index (χ0v) is 21.9. The Kier molecular flexibility index (Phi) is 8.89. The summed E-state index contributed by atoms with van der Waals surface area (Å²) >= 11 is 1.40. The molecule has 0 aliphatic rings. The van der Waals surface area contributed by atoms with E-state index in [0.717, 1.165) is 22.8 Å². The topological polar surface area (TPSA) is 87.3 Å². The van der Waals surface area contributed by atoms with E-state index >= 15 is 0 Å². The second kappa shape index (κ2) is 11.9. The monoisotopic (exact) mass is 491 g/mol. The number of nitrogens with zero attached hydrogens (tertiary/aromatic N) is 5. The molecular weight excluding hydrogens is 458 g/mol. The quantitative estimate of drug-likeness (QED) is 0.323. The number of hydrogen-bond donors (Lipinski definition) is 2. The van der Waals surface area contributed by atoms with Crippen LogP contribution in [0.4, 0.5) is 0 Å². The molecular formula is C27H33N5O2S. The number of phenols is 2. The number of aromatic hydroxyl groups is 2. The van der Waals surface area contributed by atoms with Crippen LogP contribution in [0.25, 0.3) is 17.1 Å². The summed E-state index contributed by atoms with van der Waals surface area (Å²) in [5.74, 6) is 0.583. The summed E-state index contributed by atoms with van der Waals surface area (Å²) in [5.41, 5.74) is 3.30. The average molecular weight is 492 g/mol. The number of hydrogen-bond acceptors (Lipinski definition) is 7. The third-order valence-corrected chi connectivity index (χ3v) is 6.07. The molecule has 0 fully saturated rings. The van der Waals surface area contributed by atoms with Gasteiger partial charge in [-0.1, -0.05) is 45.9 Å². The Bertz CT molecular complexity index is 1240. The molecule has 4 aromatic rings. The molecule has 2 N–H and O–H groups in total. The van der Waals surface area contributed by atoms with Crippen molar-refractivity contribution in [1.82, 2.24) is 24.6 Å². The predicted molar refractivity (Wildman–Crippen MR) is 141 cm³/mol. The highest BCUT2D eigenvalue weighted by molar-refractivity contribution is 7.99. The minimum Gasteiger partial charge on any atom is -0.508 e. The summed E-state index contributed by atoms with van der Waals surface area (Å²) in [4.78, 5) is 6.51. The Morgan fingerprint density at radius 1 is 0.943 bits per heavy atom. The Morgan fingerprint density at radius 3 is 2.26 bits per heavy atom. The smallest absolute Gasteiger partial charge is 0.202 e. The van der Waals surface area contributed by atoms with Gasteiger partial charge in [-0.2, -0.15) is 0 Å². The molecule has 0 bridgehead atoms. The highest BCUT2D eigenvalue weighted by Gasteiger charge is 2.22. The fourth-order valence-electron chi connectivity index (χ4n) is 3.60. The fourth-order valence-corrected chi connectivity index (χ4v) is 4.41. The summed E-state index contributed by atoms with van der Waals surface area (Å²) in [7, 11) is 4.07. The maximum Gasteiger partial charge on any atom is 0.202 e. The lowest BCUT2D eigenvalue weighted by molar-refractivity contribution is 0.402. The third-order valence-electron chi connectivity index (χ3n) is 5.17. The molecule has 0 atom stereocenters. The molecule has 8 heteroatoms. The number of rotatable bonds is 7. The van der Waals surface area contributed by atoms with Gasteiger partial charge in [0, 0.05) is 24.5 Å². The van der Waals surface area contributed by atoms with E-state index in [-0.39, 0.29) is 17.4 Å². The Labute approximate surface area is 211 Å². The lowest BCUT2D eigenvalue weighted by atomic mass is 9.98. The minimum atomic E-state index is -0.0517. The number of pyridine rings is 1. The molecule has 0 aliphatic heterocycles. The molecule has 7 nitrogen and oxygen atoms in total. The molecule has 0 amide bonds. The third kappa shape index (κ3) is 6.21. The molecule has 0 radical (unpaired) electrons. The lowest BCUT2D eigenvalue weighted by Crippen LogP contribution is -2.10. The summed E-state index contributed by atoms with van der Waals surface area (Å²) in [6.45, 7) is 8.82. The van der Waals surface area contributed by atoms with Gasteiger partial charge < -0.3 is 15.1 Å². The van der Waals surface area contributed by atoms with Crippen molar-refractivity contribution in [1.29, 1.82) is 0 Å². The van der Waals surface area contributed by atoms with Gasteiger partial charge in [0.2, 0.25) is 5.16 Å². The van der Waals surface area contributed by atoms with Crippen LogP contribution in [0.5, 0.6) is 11.5 Å². The van der Waals surface area contributed by atoms with Crippen LogP contribution >= 0.6 is 11.8 Å². The maximum absolute atomic E-state index is 10.7. The average Bonchev–Trinajstić information content (AvgIpc) is 3.24. The molecule has 0 aliphatic carbocycles. The zero-order chi connectivity index (χ0) is 25.5. The van der Waals surface area contributed by atoms with E-state index in [4.69, 9.17) is 0 Å².